The lowest BCUT2D eigenvalue weighted by Gasteiger charge is -2.21. The Morgan fingerprint density at radius 3 is 2.42 bits per heavy atom. The first-order chi connectivity index (χ1) is 12.6. The van der Waals surface area contributed by atoms with E-state index in [0.29, 0.717) is 19.0 Å². The van der Waals surface area contributed by atoms with E-state index in [2.05, 4.69) is 36.8 Å². The highest BCUT2D eigenvalue weighted by Crippen LogP contribution is 2.38. The summed E-state index contributed by atoms with van der Waals surface area (Å²) in [6.45, 7) is 5.07. The van der Waals surface area contributed by atoms with Crippen molar-refractivity contribution in [2.24, 2.45) is 0 Å². The molecular weight excluding hydrogens is 478 g/mol. The number of ether oxygens (including phenoxy) is 2. The summed E-state index contributed by atoms with van der Waals surface area (Å²) in [5, 5.41) is 0. The number of benzene rings is 2. The van der Waals surface area contributed by atoms with Crippen LogP contribution in [0.4, 0.5) is 0 Å². The van der Waals surface area contributed by atoms with E-state index in [1.807, 2.05) is 43.3 Å². The highest BCUT2D eigenvalue weighted by atomic mass is 79.9. The van der Waals surface area contributed by atoms with Crippen molar-refractivity contribution in [3.8, 4) is 11.5 Å². The van der Waals surface area contributed by atoms with E-state index in [4.69, 9.17) is 21.7 Å². The van der Waals surface area contributed by atoms with Gasteiger partial charge in [0.15, 0.2) is 11.5 Å². The van der Waals surface area contributed by atoms with Crippen LogP contribution >= 0.6 is 44.1 Å². The van der Waals surface area contributed by atoms with Gasteiger partial charge in [-0.3, -0.25) is 0 Å². The molecule has 0 bridgehead atoms. The van der Waals surface area contributed by atoms with Crippen LogP contribution in [0.3, 0.4) is 0 Å². The molecule has 0 N–H and O–H groups in total. The molecule has 0 amide bonds. The molecule has 26 heavy (non-hydrogen) atoms. The molecule has 3 rings (SSSR count). The fourth-order valence-electron chi connectivity index (χ4n) is 2.93. The maximum absolute atomic E-state index is 6.06. The summed E-state index contributed by atoms with van der Waals surface area (Å²) < 4.78 is 13.8. The lowest BCUT2D eigenvalue weighted by atomic mass is 10.2. The maximum atomic E-state index is 6.06. The standard InChI is InChI=1S/C20H21Br2NO2S/c1-2-24-18-12-15(20(26)23-9-3-4-10-23)11-17(22)19(18)25-13-14-5-7-16(21)8-6-14/h5-8,11-12H,2-4,9-10,13H2,1H3. The molecular formula is C20H21Br2NO2S. The van der Waals surface area contributed by atoms with Gasteiger partial charge in [0.05, 0.1) is 11.1 Å². The molecule has 1 fully saturated rings. The van der Waals surface area contributed by atoms with Crippen molar-refractivity contribution in [3.63, 3.8) is 0 Å². The van der Waals surface area contributed by atoms with Crippen molar-refractivity contribution < 1.29 is 9.47 Å². The van der Waals surface area contributed by atoms with Crippen LogP contribution in [-0.2, 0) is 6.61 Å². The van der Waals surface area contributed by atoms with Crippen LogP contribution in [0.5, 0.6) is 11.5 Å². The average molecular weight is 499 g/mol. The monoisotopic (exact) mass is 497 g/mol. The van der Waals surface area contributed by atoms with Gasteiger partial charge in [-0.1, -0.05) is 40.3 Å². The molecule has 2 aromatic rings. The third-order valence-electron chi connectivity index (χ3n) is 4.25. The first-order valence-electron chi connectivity index (χ1n) is 8.71. The minimum Gasteiger partial charge on any atom is -0.490 e. The highest BCUT2D eigenvalue weighted by Gasteiger charge is 2.20. The Morgan fingerprint density at radius 2 is 1.77 bits per heavy atom. The second-order valence-electron chi connectivity index (χ2n) is 6.13. The molecule has 1 aliphatic heterocycles. The molecule has 0 radical (unpaired) electrons. The van der Waals surface area contributed by atoms with Crippen LogP contribution in [-0.4, -0.2) is 29.6 Å². The highest BCUT2D eigenvalue weighted by molar-refractivity contribution is 9.10. The summed E-state index contributed by atoms with van der Waals surface area (Å²) in [6, 6.07) is 12.1. The first-order valence-corrected chi connectivity index (χ1v) is 10.7. The summed E-state index contributed by atoms with van der Waals surface area (Å²) in [5.41, 5.74) is 2.09. The van der Waals surface area contributed by atoms with Gasteiger partial charge in [0, 0.05) is 23.1 Å². The van der Waals surface area contributed by atoms with E-state index in [-0.39, 0.29) is 0 Å². The lowest BCUT2D eigenvalue weighted by Crippen LogP contribution is -2.26. The smallest absolute Gasteiger partial charge is 0.175 e. The molecule has 0 aromatic heterocycles. The second-order valence-corrected chi connectivity index (χ2v) is 8.29. The molecule has 0 saturated carbocycles. The zero-order valence-electron chi connectivity index (χ0n) is 14.6. The predicted molar refractivity (Wildman–Crippen MR) is 116 cm³/mol. The first kappa shape index (κ1) is 19.6. The summed E-state index contributed by atoms with van der Waals surface area (Å²) in [7, 11) is 0. The van der Waals surface area contributed by atoms with Gasteiger partial charge in [0.2, 0.25) is 0 Å². The predicted octanol–water partition coefficient (Wildman–Crippen LogP) is 5.96. The molecule has 138 valence electrons. The largest absolute Gasteiger partial charge is 0.490 e. The summed E-state index contributed by atoms with van der Waals surface area (Å²) in [6.07, 6.45) is 2.40. The SMILES string of the molecule is CCOc1cc(C(=S)N2CCCC2)cc(Br)c1OCc1ccc(Br)cc1. The summed E-state index contributed by atoms with van der Waals surface area (Å²) in [4.78, 5) is 3.14. The molecule has 0 aliphatic carbocycles. The topological polar surface area (TPSA) is 21.7 Å². The van der Waals surface area contributed by atoms with Crippen molar-refractivity contribution in [2.45, 2.75) is 26.4 Å². The van der Waals surface area contributed by atoms with Gasteiger partial charge >= 0.3 is 0 Å². The van der Waals surface area contributed by atoms with Gasteiger partial charge in [-0.05, 0) is 65.5 Å². The van der Waals surface area contributed by atoms with E-state index in [1.54, 1.807) is 0 Å². The molecule has 1 aliphatic rings. The van der Waals surface area contributed by atoms with Gasteiger partial charge in [-0.2, -0.15) is 0 Å². The van der Waals surface area contributed by atoms with Crippen molar-refractivity contribution in [1.82, 2.24) is 4.90 Å². The molecule has 0 atom stereocenters. The molecule has 1 saturated heterocycles. The number of likely N-dealkylation sites (tertiary alicyclic amines) is 1. The van der Waals surface area contributed by atoms with Gasteiger partial charge in [-0.25, -0.2) is 0 Å². The Kier molecular flexibility index (Phi) is 6.95. The number of thiocarbonyl (C=S) groups is 1. The third kappa shape index (κ3) is 4.78. The van der Waals surface area contributed by atoms with Crippen LogP contribution in [0.15, 0.2) is 45.3 Å². The number of hydrogen-bond donors (Lipinski definition) is 0. The average Bonchev–Trinajstić information content (AvgIpc) is 3.16. The minimum atomic E-state index is 0.474. The van der Waals surface area contributed by atoms with Gasteiger partial charge in [0.1, 0.15) is 11.6 Å². The van der Waals surface area contributed by atoms with Crippen LogP contribution in [0.1, 0.15) is 30.9 Å². The normalized spacial score (nSPS) is 13.7. The summed E-state index contributed by atoms with van der Waals surface area (Å²) >= 11 is 12.8. The third-order valence-corrected chi connectivity index (χ3v) is 5.86. The Morgan fingerprint density at radius 1 is 1.08 bits per heavy atom. The minimum absolute atomic E-state index is 0.474. The van der Waals surface area contributed by atoms with Crippen LogP contribution in [0.2, 0.25) is 0 Å². The lowest BCUT2D eigenvalue weighted by molar-refractivity contribution is 0.267. The maximum Gasteiger partial charge on any atom is 0.175 e. The Balaban J connectivity index is 1.81. The molecule has 0 unspecified atom stereocenters. The zero-order chi connectivity index (χ0) is 18.5. The van der Waals surface area contributed by atoms with E-state index < -0.39 is 0 Å². The van der Waals surface area contributed by atoms with Crippen molar-refractivity contribution >= 4 is 49.1 Å². The molecule has 3 nitrogen and oxygen atoms in total. The van der Waals surface area contributed by atoms with Crippen molar-refractivity contribution in [3.05, 3.63) is 56.5 Å². The van der Waals surface area contributed by atoms with Gasteiger partial charge in [-0.15, -0.1) is 0 Å². The number of nitrogens with zero attached hydrogens (tertiary/aromatic N) is 1. The van der Waals surface area contributed by atoms with E-state index in [0.717, 1.165) is 43.9 Å². The van der Waals surface area contributed by atoms with E-state index in [9.17, 15) is 0 Å². The van der Waals surface area contributed by atoms with Crippen molar-refractivity contribution in [2.75, 3.05) is 19.7 Å². The van der Waals surface area contributed by atoms with Gasteiger partial charge in [0.25, 0.3) is 0 Å². The molecule has 6 heteroatoms. The molecule has 0 spiro atoms. The van der Waals surface area contributed by atoms with Gasteiger partial charge < -0.3 is 14.4 Å². The summed E-state index contributed by atoms with van der Waals surface area (Å²) in [5.74, 6) is 1.43. The quantitative estimate of drug-likeness (QED) is 0.458. The fraction of sp³-hybridized carbons (Fsp3) is 0.350. The number of halogens is 2. The van der Waals surface area contributed by atoms with E-state index >= 15 is 0 Å². The fourth-order valence-corrected chi connectivity index (χ4v) is 4.05. The Hall–Kier alpha value is -1.11. The molecule has 1 heterocycles. The zero-order valence-corrected chi connectivity index (χ0v) is 18.6. The van der Waals surface area contributed by atoms with Crippen LogP contribution < -0.4 is 9.47 Å². The van der Waals surface area contributed by atoms with Crippen LogP contribution in [0, 0.1) is 0 Å². The van der Waals surface area contributed by atoms with Crippen molar-refractivity contribution in [1.29, 1.82) is 0 Å². The Labute approximate surface area is 176 Å². The van der Waals surface area contributed by atoms with E-state index in [1.165, 1.54) is 12.8 Å². The number of rotatable bonds is 6. The van der Waals surface area contributed by atoms with Crippen LogP contribution in [0.25, 0.3) is 0 Å². The molecule has 2 aromatic carbocycles. The second kappa shape index (κ2) is 9.20. The Bertz CT molecular complexity index is 774. The number of hydrogen-bond acceptors (Lipinski definition) is 3.